The molecule has 3 N–H and O–H groups in total. The van der Waals surface area contributed by atoms with Gasteiger partial charge < -0.3 is 20.4 Å². The molecule has 1 aromatic heterocycles. The molecule has 0 atom stereocenters. The molecule has 2 rings (SSSR count). The van der Waals surface area contributed by atoms with Gasteiger partial charge in [0.15, 0.2) is 0 Å². The third kappa shape index (κ3) is 3.52. The van der Waals surface area contributed by atoms with Gasteiger partial charge in [0, 0.05) is 13.7 Å². The highest BCUT2D eigenvalue weighted by atomic mass is 16.5. The Morgan fingerprint density at radius 1 is 1.48 bits per heavy atom. The van der Waals surface area contributed by atoms with Crippen molar-refractivity contribution in [2.45, 2.75) is 32.9 Å². The van der Waals surface area contributed by atoms with E-state index in [9.17, 15) is 4.79 Å². The second-order valence-electron chi connectivity index (χ2n) is 4.97. The van der Waals surface area contributed by atoms with E-state index in [1.807, 2.05) is 16.7 Å². The summed E-state index contributed by atoms with van der Waals surface area (Å²) < 4.78 is 7.02. The molecule has 114 valence electrons. The normalized spacial score (nSPS) is 11.0. The van der Waals surface area contributed by atoms with E-state index in [4.69, 9.17) is 10.5 Å². The van der Waals surface area contributed by atoms with Gasteiger partial charge in [0.2, 0.25) is 5.91 Å². The Kier molecular flexibility index (Phi) is 5.16. The molecule has 0 unspecified atom stereocenters. The zero-order chi connectivity index (χ0) is 15.2. The molecule has 1 amide bonds. The predicted octanol–water partition coefficient (Wildman–Crippen LogP) is 1.68. The Morgan fingerprint density at radius 2 is 2.29 bits per heavy atom. The molecule has 6 nitrogen and oxygen atoms in total. The lowest BCUT2D eigenvalue weighted by Gasteiger charge is -2.09. The number of carbonyl (C=O) groups excluding carboxylic acids is 1. The monoisotopic (exact) mass is 290 g/mol. The first-order chi connectivity index (χ1) is 10.2. The highest BCUT2D eigenvalue weighted by Crippen LogP contribution is 2.22. The minimum absolute atomic E-state index is 0.0254. The van der Waals surface area contributed by atoms with Gasteiger partial charge in [0.25, 0.3) is 0 Å². The summed E-state index contributed by atoms with van der Waals surface area (Å²) in [5.41, 5.74) is 8.12. The number of anilines is 1. The van der Waals surface area contributed by atoms with Crippen molar-refractivity contribution in [3.05, 3.63) is 24.0 Å². The molecule has 1 aromatic carbocycles. The Labute approximate surface area is 124 Å². The fourth-order valence-electron chi connectivity index (χ4n) is 2.24. The van der Waals surface area contributed by atoms with Crippen LogP contribution in [0.3, 0.4) is 0 Å². The molecule has 0 spiro atoms. The van der Waals surface area contributed by atoms with Crippen molar-refractivity contribution >= 4 is 22.6 Å². The van der Waals surface area contributed by atoms with Crippen LogP contribution in [0.2, 0.25) is 0 Å². The number of aromatic nitrogens is 2. The molecular weight excluding hydrogens is 268 g/mol. The Bertz CT molecular complexity index is 621. The van der Waals surface area contributed by atoms with Crippen LogP contribution in [0.25, 0.3) is 11.0 Å². The minimum Gasteiger partial charge on any atom is -0.397 e. The molecule has 0 fully saturated rings. The van der Waals surface area contributed by atoms with E-state index >= 15 is 0 Å². The number of nitrogen functional groups attached to an aromatic ring is 1. The molecule has 21 heavy (non-hydrogen) atoms. The average Bonchev–Trinajstić information content (AvgIpc) is 2.80. The zero-order valence-electron chi connectivity index (χ0n) is 12.6. The largest absolute Gasteiger partial charge is 0.397 e. The fraction of sp³-hybridized carbons (Fsp3) is 0.467. The molecule has 0 aliphatic carbocycles. The maximum absolute atomic E-state index is 12.0. The number of carbonyl (C=O) groups is 1. The van der Waals surface area contributed by atoms with E-state index in [-0.39, 0.29) is 12.5 Å². The molecule has 2 aromatic rings. The van der Waals surface area contributed by atoms with Crippen molar-refractivity contribution in [1.82, 2.24) is 14.9 Å². The van der Waals surface area contributed by atoms with Crippen LogP contribution in [0.5, 0.6) is 0 Å². The van der Waals surface area contributed by atoms with Crippen molar-refractivity contribution in [3.63, 3.8) is 0 Å². The summed E-state index contributed by atoms with van der Waals surface area (Å²) in [7, 11) is 1.61. The van der Waals surface area contributed by atoms with Crippen LogP contribution in [0, 0.1) is 0 Å². The van der Waals surface area contributed by atoms with Crippen molar-refractivity contribution in [1.29, 1.82) is 0 Å². The molecule has 0 saturated heterocycles. The first-order valence-corrected chi connectivity index (χ1v) is 7.16. The number of imidazole rings is 1. The third-order valence-corrected chi connectivity index (χ3v) is 3.32. The molecule has 0 aliphatic heterocycles. The van der Waals surface area contributed by atoms with Crippen molar-refractivity contribution in [2.24, 2.45) is 0 Å². The molecule has 6 heteroatoms. The number of nitrogens with one attached hydrogen (secondary N) is 1. The van der Waals surface area contributed by atoms with Gasteiger partial charge in [-0.05, 0) is 18.6 Å². The number of rotatable bonds is 7. The van der Waals surface area contributed by atoms with Crippen LogP contribution < -0.4 is 11.1 Å². The lowest BCUT2D eigenvalue weighted by atomic mass is 10.2. The Balaban J connectivity index is 2.26. The van der Waals surface area contributed by atoms with Gasteiger partial charge in [-0.1, -0.05) is 19.4 Å². The van der Waals surface area contributed by atoms with E-state index in [1.54, 1.807) is 13.2 Å². The van der Waals surface area contributed by atoms with Crippen LogP contribution in [-0.4, -0.2) is 29.1 Å². The molecule has 0 aliphatic rings. The summed E-state index contributed by atoms with van der Waals surface area (Å²) >= 11 is 0. The number of fused-ring (bicyclic) bond motifs is 1. The molecular formula is C15H22N4O2. The van der Waals surface area contributed by atoms with Gasteiger partial charge in [0.05, 0.1) is 11.2 Å². The summed E-state index contributed by atoms with van der Waals surface area (Å²) in [4.78, 5) is 16.5. The van der Waals surface area contributed by atoms with Crippen molar-refractivity contribution in [3.8, 4) is 0 Å². The van der Waals surface area contributed by atoms with Gasteiger partial charge in [0.1, 0.15) is 24.5 Å². The fourth-order valence-corrected chi connectivity index (χ4v) is 2.24. The van der Waals surface area contributed by atoms with E-state index < -0.39 is 0 Å². The number of benzene rings is 1. The van der Waals surface area contributed by atoms with Crippen LogP contribution in [-0.2, 0) is 22.7 Å². The summed E-state index contributed by atoms with van der Waals surface area (Å²) in [5.74, 6) is 0.679. The Morgan fingerprint density at radius 3 is 3.00 bits per heavy atom. The number of ether oxygens (including phenoxy) is 1. The lowest BCUT2D eigenvalue weighted by molar-refractivity contribution is -0.121. The first kappa shape index (κ1) is 15.3. The van der Waals surface area contributed by atoms with Gasteiger partial charge in [-0.15, -0.1) is 0 Å². The summed E-state index contributed by atoms with van der Waals surface area (Å²) in [6.07, 6.45) is 2.04. The smallest absolute Gasteiger partial charge is 0.240 e. The van der Waals surface area contributed by atoms with E-state index in [1.165, 1.54) is 0 Å². The quantitative estimate of drug-likeness (QED) is 0.600. The maximum Gasteiger partial charge on any atom is 0.240 e. The summed E-state index contributed by atoms with van der Waals surface area (Å²) in [6.45, 7) is 3.36. The Hall–Kier alpha value is -2.08. The van der Waals surface area contributed by atoms with E-state index in [2.05, 4.69) is 17.2 Å². The number of amides is 1. The zero-order valence-corrected chi connectivity index (χ0v) is 12.6. The van der Waals surface area contributed by atoms with Gasteiger partial charge >= 0.3 is 0 Å². The lowest BCUT2D eigenvalue weighted by Crippen LogP contribution is -2.29. The SMILES string of the molecule is CCCCNC(=O)Cn1c(COC)nc2c(N)cccc21. The molecule has 0 bridgehead atoms. The summed E-state index contributed by atoms with van der Waals surface area (Å²) in [5, 5.41) is 2.91. The highest BCUT2D eigenvalue weighted by Gasteiger charge is 2.14. The number of nitrogens with zero attached hydrogens (tertiary/aromatic N) is 2. The predicted molar refractivity (Wildman–Crippen MR) is 82.8 cm³/mol. The minimum atomic E-state index is -0.0254. The summed E-state index contributed by atoms with van der Waals surface area (Å²) in [6, 6.07) is 5.58. The number of unbranched alkanes of at least 4 members (excludes halogenated alkanes) is 1. The highest BCUT2D eigenvalue weighted by molar-refractivity contribution is 5.89. The molecule has 0 saturated carbocycles. The second-order valence-corrected chi connectivity index (χ2v) is 4.97. The second kappa shape index (κ2) is 7.08. The molecule has 1 heterocycles. The topological polar surface area (TPSA) is 82.2 Å². The van der Waals surface area contributed by atoms with Crippen LogP contribution in [0.4, 0.5) is 5.69 Å². The number of nitrogens with two attached hydrogens (primary N) is 1. The van der Waals surface area contributed by atoms with Crippen molar-refractivity contribution in [2.75, 3.05) is 19.4 Å². The van der Waals surface area contributed by atoms with Gasteiger partial charge in [-0.2, -0.15) is 0 Å². The van der Waals surface area contributed by atoms with Gasteiger partial charge in [-0.25, -0.2) is 4.98 Å². The molecule has 0 radical (unpaired) electrons. The maximum atomic E-state index is 12.0. The van der Waals surface area contributed by atoms with Crippen molar-refractivity contribution < 1.29 is 9.53 Å². The van der Waals surface area contributed by atoms with E-state index in [0.717, 1.165) is 18.4 Å². The number of methoxy groups -OCH3 is 1. The number of hydrogen-bond donors (Lipinski definition) is 2. The third-order valence-electron chi connectivity index (χ3n) is 3.32. The standard InChI is InChI=1S/C15H22N4O2/c1-3-4-8-17-14(20)9-19-12-7-5-6-11(16)15(12)18-13(19)10-21-2/h5-7H,3-4,8-10,16H2,1-2H3,(H,17,20). The number of hydrogen-bond acceptors (Lipinski definition) is 4. The van der Waals surface area contributed by atoms with E-state index in [0.29, 0.717) is 30.2 Å². The average molecular weight is 290 g/mol. The van der Waals surface area contributed by atoms with Crippen LogP contribution in [0.1, 0.15) is 25.6 Å². The first-order valence-electron chi connectivity index (χ1n) is 7.16. The van der Waals surface area contributed by atoms with Gasteiger partial charge in [-0.3, -0.25) is 4.79 Å². The van der Waals surface area contributed by atoms with Crippen LogP contribution in [0.15, 0.2) is 18.2 Å². The van der Waals surface area contributed by atoms with Crippen LogP contribution >= 0.6 is 0 Å². The number of para-hydroxylation sites is 1.